The highest BCUT2D eigenvalue weighted by Gasteiger charge is 2.25. The van der Waals surface area contributed by atoms with E-state index in [1.165, 1.54) is 21.1 Å². The van der Waals surface area contributed by atoms with Gasteiger partial charge in [-0.3, -0.25) is 9.36 Å². The topological polar surface area (TPSA) is 81.4 Å². The monoisotopic (exact) mass is 339 g/mol. The van der Waals surface area contributed by atoms with Gasteiger partial charge in [0.05, 0.1) is 0 Å². The molecule has 0 N–H and O–H groups in total. The summed E-state index contributed by atoms with van der Waals surface area (Å²) >= 11 is 3.13. The van der Waals surface area contributed by atoms with Crippen LogP contribution in [-0.4, -0.2) is 40.8 Å². The van der Waals surface area contributed by atoms with Gasteiger partial charge in [-0.2, -0.15) is 4.31 Å². The van der Waals surface area contributed by atoms with E-state index in [0.29, 0.717) is 5.33 Å². The van der Waals surface area contributed by atoms with Crippen molar-refractivity contribution < 1.29 is 8.42 Å². The van der Waals surface area contributed by atoms with Crippen LogP contribution in [0.15, 0.2) is 20.7 Å². The summed E-state index contributed by atoms with van der Waals surface area (Å²) in [5.74, 6) is 0. The lowest BCUT2D eigenvalue weighted by Crippen LogP contribution is -2.42. The minimum atomic E-state index is -3.88. The summed E-state index contributed by atoms with van der Waals surface area (Å²) in [6, 6.07) is 0. The Morgan fingerprint density at radius 1 is 1.33 bits per heavy atom. The molecule has 18 heavy (non-hydrogen) atoms. The Hall–Kier alpha value is -0.930. The van der Waals surface area contributed by atoms with Gasteiger partial charge in [-0.05, 0) is 0 Å². The van der Waals surface area contributed by atoms with Crippen LogP contribution in [0.25, 0.3) is 0 Å². The molecular weight excluding hydrogens is 326 g/mol. The Morgan fingerprint density at radius 3 is 2.39 bits per heavy atom. The molecule has 0 bridgehead atoms. The van der Waals surface area contributed by atoms with Crippen LogP contribution in [0.3, 0.4) is 0 Å². The first-order valence-corrected chi connectivity index (χ1v) is 7.58. The Labute approximate surface area is 113 Å². The van der Waals surface area contributed by atoms with E-state index in [2.05, 4.69) is 15.9 Å². The van der Waals surface area contributed by atoms with E-state index in [-0.39, 0.29) is 6.54 Å². The average Bonchev–Trinajstić information content (AvgIpc) is 2.31. The molecule has 0 aliphatic rings. The zero-order valence-corrected chi connectivity index (χ0v) is 12.7. The number of nitrogens with zero attached hydrogens (tertiary/aromatic N) is 3. The molecule has 1 aromatic rings. The normalized spacial score (nSPS) is 12.1. The quantitative estimate of drug-likeness (QED) is 0.665. The third-order valence-electron chi connectivity index (χ3n) is 2.50. The van der Waals surface area contributed by atoms with Crippen molar-refractivity contribution in [3.8, 4) is 0 Å². The molecular formula is C9H14BrN3O4S. The van der Waals surface area contributed by atoms with Crippen molar-refractivity contribution in [3.05, 3.63) is 27.0 Å². The molecule has 0 aromatic carbocycles. The predicted octanol–water partition coefficient (Wildman–Crippen LogP) is -0.901. The summed E-state index contributed by atoms with van der Waals surface area (Å²) in [6.07, 6.45) is 1.05. The summed E-state index contributed by atoms with van der Waals surface area (Å²) in [6.45, 7) is 0.230. The summed E-state index contributed by atoms with van der Waals surface area (Å²) in [4.78, 5) is 22.9. The Morgan fingerprint density at radius 2 is 1.89 bits per heavy atom. The number of aryl methyl sites for hydroxylation is 1. The molecule has 1 rings (SSSR count). The minimum Gasteiger partial charge on any atom is -0.302 e. The molecule has 0 amide bonds. The van der Waals surface area contributed by atoms with E-state index in [9.17, 15) is 18.0 Å². The van der Waals surface area contributed by atoms with Crippen molar-refractivity contribution in [2.45, 2.75) is 4.90 Å². The Kier molecular flexibility index (Phi) is 4.51. The lowest BCUT2D eigenvalue weighted by atomic mass is 10.6. The van der Waals surface area contributed by atoms with Crippen molar-refractivity contribution in [2.24, 2.45) is 14.1 Å². The van der Waals surface area contributed by atoms with Gasteiger partial charge < -0.3 is 4.57 Å². The molecule has 0 saturated heterocycles. The zero-order chi connectivity index (χ0) is 14.1. The van der Waals surface area contributed by atoms with Crippen LogP contribution >= 0.6 is 15.9 Å². The van der Waals surface area contributed by atoms with E-state index in [0.717, 1.165) is 19.6 Å². The number of halogens is 1. The van der Waals surface area contributed by atoms with Gasteiger partial charge in [0.25, 0.3) is 5.56 Å². The maximum atomic E-state index is 12.1. The fourth-order valence-electron chi connectivity index (χ4n) is 1.36. The van der Waals surface area contributed by atoms with Crippen molar-refractivity contribution in [1.82, 2.24) is 13.4 Å². The molecule has 0 atom stereocenters. The van der Waals surface area contributed by atoms with Gasteiger partial charge in [0.2, 0.25) is 10.0 Å². The second-order valence-electron chi connectivity index (χ2n) is 3.77. The third kappa shape index (κ3) is 2.57. The SMILES string of the molecule is CN(CCBr)S(=O)(=O)c1cn(C)c(=O)n(C)c1=O. The Balaban J connectivity index is 3.53. The molecule has 7 nitrogen and oxygen atoms in total. The van der Waals surface area contributed by atoms with Gasteiger partial charge in [-0.25, -0.2) is 13.2 Å². The average molecular weight is 340 g/mol. The molecule has 0 fully saturated rings. The Bertz CT molecular complexity index is 661. The predicted molar refractivity (Wildman–Crippen MR) is 70.5 cm³/mol. The molecule has 102 valence electrons. The van der Waals surface area contributed by atoms with Crippen molar-refractivity contribution >= 4 is 26.0 Å². The maximum absolute atomic E-state index is 12.1. The van der Waals surface area contributed by atoms with Gasteiger partial charge in [-0.15, -0.1) is 0 Å². The smallest absolute Gasteiger partial charge is 0.302 e. The number of alkyl halides is 1. The van der Waals surface area contributed by atoms with Crippen LogP contribution in [-0.2, 0) is 24.1 Å². The minimum absolute atomic E-state index is 0.230. The van der Waals surface area contributed by atoms with Crippen molar-refractivity contribution in [2.75, 3.05) is 18.9 Å². The van der Waals surface area contributed by atoms with E-state index in [1.54, 1.807) is 0 Å². The third-order valence-corrected chi connectivity index (χ3v) is 4.70. The van der Waals surface area contributed by atoms with Gasteiger partial charge in [0, 0.05) is 39.2 Å². The molecule has 1 aromatic heterocycles. The van der Waals surface area contributed by atoms with E-state index in [1.807, 2.05) is 0 Å². The zero-order valence-electron chi connectivity index (χ0n) is 10.3. The van der Waals surface area contributed by atoms with Crippen LogP contribution in [0, 0.1) is 0 Å². The molecule has 0 saturated carbocycles. The molecule has 0 aliphatic heterocycles. The standard InChI is InChI=1S/C9H14BrN3O4S/c1-11-6-7(8(14)13(3)9(11)15)18(16,17)12(2)5-4-10/h6H,4-5H2,1-3H3. The highest BCUT2D eigenvalue weighted by atomic mass is 79.9. The first-order valence-electron chi connectivity index (χ1n) is 5.02. The molecule has 1 heterocycles. The highest BCUT2D eigenvalue weighted by molar-refractivity contribution is 9.09. The van der Waals surface area contributed by atoms with E-state index < -0.39 is 26.2 Å². The summed E-state index contributed by atoms with van der Waals surface area (Å²) < 4.78 is 27.2. The largest absolute Gasteiger partial charge is 0.330 e. The number of hydrogen-bond acceptors (Lipinski definition) is 4. The summed E-state index contributed by atoms with van der Waals surface area (Å²) in [7, 11) is 0.131. The lowest BCUT2D eigenvalue weighted by molar-refractivity contribution is 0.484. The van der Waals surface area contributed by atoms with Crippen molar-refractivity contribution in [1.29, 1.82) is 0 Å². The van der Waals surface area contributed by atoms with Crippen LogP contribution in [0.1, 0.15) is 0 Å². The van der Waals surface area contributed by atoms with E-state index >= 15 is 0 Å². The number of rotatable bonds is 4. The molecule has 9 heteroatoms. The number of hydrogen-bond donors (Lipinski definition) is 0. The molecule has 0 aliphatic carbocycles. The van der Waals surface area contributed by atoms with Gasteiger partial charge in [0.1, 0.15) is 0 Å². The highest BCUT2D eigenvalue weighted by Crippen LogP contribution is 2.08. The van der Waals surface area contributed by atoms with Crippen LogP contribution in [0.5, 0.6) is 0 Å². The number of aromatic nitrogens is 2. The fraction of sp³-hybridized carbons (Fsp3) is 0.556. The number of sulfonamides is 1. The van der Waals surface area contributed by atoms with Crippen molar-refractivity contribution in [3.63, 3.8) is 0 Å². The summed E-state index contributed by atoms with van der Waals surface area (Å²) in [5.41, 5.74) is -1.39. The summed E-state index contributed by atoms with van der Waals surface area (Å²) in [5, 5.41) is 0.453. The fourth-order valence-corrected chi connectivity index (χ4v) is 3.44. The first-order chi connectivity index (χ1) is 8.23. The van der Waals surface area contributed by atoms with Gasteiger partial charge >= 0.3 is 5.69 Å². The van der Waals surface area contributed by atoms with Gasteiger partial charge in [0.15, 0.2) is 4.90 Å². The molecule has 0 spiro atoms. The second-order valence-corrected chi connectivity index (χ2v) is 6.57. The first kappa shape index (κ1) is 15.1. The lowest BCUT2D eigenvalue weighted by Gasteiger charge is -2.16. The van der Waals surface area contributed by atoms with Gasteiger partial charge in [-0.1, -0.05) is 15.9 Å². The molecule has 0 unspecified atom stereocenters. The second kappa shape index (κ2) is 5.37. The maximum Gasteiger partial charge on any atom is 0.330 e. The van der Waals surface area contributed by atoms with Crippen LogP contribution in [0.2, 0.25) is 0 Å². The molecule has 0 radical (unpaired) electrons. The van der Waals surface area contributed by atoms with Crippen LogP contribution in [0.4, 0.5) is 0 Å². The van der Waals surface area contributed by atoms with Crippen LogP contribution < -0.4 is 11.2 Å². The van der Waals surface area contributed by atoms with E-state index in [4.69, 9.17) is 0 Å².